The van der Waals surface area contributed by atoms with E-state index in [0.29, 0.717) is 12.6 Å². The molecule has 1 atom stereocenters. The van der Waals surface area contributed by atoms with E-state index in [0.717, 1.165) is 19.5 Å². The number of nitrogens with one attached hydrogen (secondary N) is 1. The predicted molar refractivity (Wildman–Crippen MR) is 86.9 cm³/mol. The van der Waals surface area contributed by atoms with E-state index in [1.165, 1.54) is 18.4 Å². The van der Waals surface area contributed by atoms with Gasteiger partial charge in [0.2, 0.25) is 5.91 Å². The highest BCUT2D eigenvalue weighted by Crippen LogP contribution is 2.20. The number of benzene rings is 1. The van der Waals surface area contributed by atoms with Gasteiger partial charge in [-0.25, -0.2) is 0 Å². The molecule has 1 fully saturated rings. The lowest BCUT2D eigenvalue weighted by molar-refractivity contribution is -0.127. The average molecular weight is 299 g/mol. The van der Waals surface area contributed by atoms with Gasteiger partial charge in [0.1, 0.15) is 5.41 Å². The number of amides is 1. The van der Waals surface area contributed by atoms with E-state index in [9.17, 15) is 4.79 Å². The molecule has 4 nitrogen and oxygen atoms in total. The number of rotatable bonds is 5. The third-order valence-corrected chi connectivity index (χ3v) is 4.32. The maximum absolute atomic E-state index is 12.1. The number of likely N-dealkylation sites (tertiary alicyclic amines) is 1. The minimum absolute atomic E-state index is 0.180. The predicted octanol–water partition coefficient (Wildman–Crippen LogP) is 2.71. The van der Waals surface area contributed by atoms with Gasteiger partial charge in [0.05, 0.1) is 6.07 Å². The Hall–Kier alpha value is -1.86. The van der Waals surface area contributed by atoms with Crippen molar-refractivity contribution in [3.63, 3.8) is 0 Å². The van der Waals surface area contributed by atoms with Gasteiger partial charge in [0.25, 0.3) is 0 Å². The van der Waals surface area contributed by atoms with Gasteiger partial charge in [-0.05, 0) is 38.8 Å². The van der Waals surface area contributed by atoms with Crippen molar-refractivity contribution in [3.8, 4) is 6.07 Å². The second-order valence-corrected chi connectivity index (χ2v) is 6.55. The summed E-state index contributed by atoms with van der Waals surface area (Å²) in [6.45, 7) is 5.92. The number of carbonyl (C=O) groups is 1. The molecule has 0 aliphatic carbocycles. The molecule has 1 aliphatic rings. The Morgan fingerprint density at radius 2 is 2.09 bits per heavy atom. The first kappa shape index (κ1) is 16.5. The molecule has 0 aromatic heterocycles. The van der Waals surface area contributed by atoms with Gasteiger partial charge in [-0.1, -0.05) is 36.8 Å². The molecule has 2 rings (SSSR count). The summed E-state index contributed by atoms with van der Waals surface area (Å²) in [5.41, 5.74) is 0.344. The maximum Gasteiger partial charge on any atom is 0.239 e. The van der Waals surface area contributed by atoms with Crippen molar-refractivity contribution in [1.29, 1.82) is 5.26 Å². The van der Waals surface area contributed by atoms with Crippen LogP contribution in [0.15, 0.2) is 30.3 Å². The van der Waals surface area contributed by atoms with Crippen LogP contribution in [0.2, 0.25) is 0 Å². The van der Waals surface area contributed by atoms with Crippen LogP contribution in [0.5, 0.6) is 0 Å². The molecule has 0 saturated carbocycles. The number of piperidine rings is 1. The highest BCUT2D eigenvalue weighted by atomic mass is 16.2. The molecule has 1 saturated heterocycles. The van der Waals surface area contributed by atoms with E-state index in [1.807, 2.05) is 6.07 Å². The van der Waals surface area contributed by atoms with Crippen LogP contribution in [0.3, 0.4) is 0 Å². The van der Waals surface area contributed by atoms with Crippen LogP contribution in [0.25, 0.3) is 0 Å². The van der Waals surface area contributed by atoms with E-state index >= 15 is 0 Å². The third kappa shape index (κ3) is 4.32. The number of hydrogen-bond acceptors (Lipinski definition) is 3. The SMILES string of the molecule is CC(C)(C#N)C(=O)NC[C@@H]1CCCCN1Cc1ccccc1. The highest BCUT2D eigenvalue weighted by molar-refractivity contribution is 5.84. The van der Waals surface area contributed by atoms with Crippen LogP contribution < -0.4 is 5.32 Å². The normalized spacial score (nSPS) is 19.4. The zero-order chi connectivity index (χ0) is 16.0. The van der Waals surface area contributed by atoms with Crippen molar-refractivity contribution in [2.45, 2.75) is 45.7 Å². The summed E-state index contributed by atoms with van der Waals surface area (Å²) in [7, 11) is 0. The van der Waals surface area contributed by atoms with Gasteiger partial charge < -0.3 is 5.32 Å². The fourth-order valence-electron chi connectivity index (χ4n) is 2.80. The van der Waals surface area contributed by atoms with E-state index < -0.39 is 5.41 Å². The molecule has 0 unspecified atom stereocenters. The fraction of sp³-hybridized carbons (Fsp3) is 0.556. The molecule has 1 N–H and O–H groups in total. The Kier molecular flexibility index (Phi) is 5.57. The first-order chi connectivity index (χ1) is 10.5. The largest absolute Gasteiger partial charge is 0.353 e. The standard InChI is InChI=1S/C18H25N3O/c1-18(2,14-19)17(22)20-12-16-10-6-7-11-21(16)13-15-8-4-3-5-9-15/h3-5,8-9,16H,6-7,10-13H2,1-2H3,(H,20,22)/t16-/m0/s1. The Balaban J connectivity index is 1.93. The highest BCUT2D eigenvalue weighted by Gasteiger charge is 2.29. The van der Waals surface area contributed by atoms with Crippen LogP contribution in [-0.4, -0.2) is 29.9 Å². The van der Waals surface area contributed by atoms with Gasteiger partial charge in [-0.15, -0.1) is 0 Å². The van der Waals surface area contributed by atoms with Crippen molar-refractivity contribution in [1.82, 2.24) is 10.2 Å². The lowest BCUT2D eigenvalue weighted by Gasteiger charge is -2.36. The molecular weight excluding hydrogens is 274 g/mol. The second kappa shape index (κ2) is 7.42. The van der Waals surface area contributed by atoms with Gasteiger partial charge >= 0.3 is 0 Å². The minimum Gasteiger partial charge on any atom is -0.353 e. The van der Waals surface area contributed by atoms with Crippen molar-refractivity contribution in [2.24, 2.45) is 5.41 Å². The first-order valence-electron chi connectivity index (χ1n) is 8.00. The van der Waals surface area contributed by atoms with Crippen LogP contribution in [0, 0.1) is 16.7 Å². The first-order valence-corrected chi connectivity index (χ1v) is 8.00. The molecule has 1 aliphatic heterocycles. The summed E-state index contributed by atoms with van der Waals surface area (Å²) < 4.78 is 0. The minimum atomic E-state index is -0.959. The lowest BCUT2D eigenvalue weighted by atomic mass is 9.94. The molecule has 0 radical (unpaired) electrons. The molecular formula is C18H25N3O. The van der Waals surface area contributed by atoms with E-state index in [2.05, 4.69) is 40.6 Å². The van der Waals surface area contributed by atoms with Crippen LogP contribution in [-0.2, 0) is 11.3 Å². The van der Waals surface area contributed by atoms with Crippen molar-refractivity contribution < 1.29 is 4.79 Å². The van der Waals surface area contributed by atoms with Crippen LogP contribution in [0.1, 0.15) is 38.7 Å². The number of nitriles is 1. The molecule has 1 aromatic carbocycles. The monoisotopic (exact) mass is 299 g/mol. The number of carbonyl (C=O) groups excluding carboxylic acids is 1. The van der Waals surface area contributed by atoms with E-state index in [-0.39, 0.29) is 5.91 Å². The molecule has 0 spiro atoms. The topological polar surface area (TPSA) is 56.1 Å². The lowest BCUT2D eigenvalue weighted by Crippen LogP contribution is -2.48. The zero-order valence-corrected chi connectivity index (χ0v) is 13.5. The van der Waals surface area contributed by atoms with Gasteiger partial charge in [-0.3, -0.25) is 9.69 Å². The van der Waals surface area contributed by atoms with E-state index in [1.54, 1.807) is 13.8 Å². The smallest absolute Gasteiger partial charge is 0.239 e. The molecule has 1 amide bonds. The fourth-order valence-corrected chi connectivity index (χ4v) is 2.80. The Bertz CT molecular complexity index is 533. The summed E-state index contributed by atoms with van der Waals surface area (Å²) in [4.78, 5) is 14.5. The van der Waals surface area contributed by atoms with Gasteiger partial charge in [-0.2, -0.15) is 5.26 Å². The van der Waals surface area contributed by atoms with Crippen LogP contribution in [0.4, 0.5) is 0 Å². The summed E-state index contributed by atoms with van der Waals surface area (Å²) in [6.07, 6.45) is 3.51. The molecule has 118 valence electrons. The Morgan fingerprint density at radius 1 is 1.36 bits per heavy atom. The molecule has 22 heavy (non-hydrogen) atoms. The third-order valence-electron chi connectivity index (χ3n) is 4.32. The number of nitrogens with zero attached hydrogens (tertiary/aromatic N) is 2. The van der Waals surface area contributed by atoms with Crippen molar-refractivity contribution in [3.05, 3.63) is 35.9 Å². The van der Waals surface area contributed by atoms with E-state index in [4.69, 9.17) is 5.26 Å². The summed E-state index contributed by atoms with van der Waals surface area (Å²) >= 11 is 0. The molecule has 0 bridgehead atoms. The summed E-state index contributed by atoms with van der Waals surface area (Å²) in [5, 5.41) is 12.0. The average Bonchev–Trinajstić information content (AvgIpc) is 2.54. The Morgan fingerprint density at radius 3 is 2.77 bits per heavy atom. The van der Waals surface area contributed by atoms with Crippen molar-refractivity contribution in [2.75, 3.05) is 13.1 Å². The van der Waals surface area contributed by atoms with Gasteiger partial charge in [0.15, 0.2) is 0 Å². The number of hydrogen-bond donors (Lipinski definition) is 1. The Labute approximate surface area is 133 Å². The molecule has 4 heteroatoms. The van der Waals surface area contributed by atoms with Crippen LogP contribution >= 0.6 is 0 Å². The van der Waals surface area contributed by atoms with Crippen molar-refractivity contribution >= 4 is 5.91 Å². The summed E-state index contributed by atoms with van der Waals surface area (Å²) in [6, 6.07) is 12.8. The quantitative estimate of drug-likeness (QED) is 0.909. The second-order valence-electron chi connectivity index (χ2n) is 6.55. The maximum atomic E-state index is 12.1. The zero-order valence-electron chi connectivity index (χ0n) is 13.5. The van der Waals surface area contributed by atoms with Gasteiger partial charge in [0, 0.05) is 19.1 Å². The summed E-state index contributed by atoms with van der Waals surface area (Å²) in [5.74, 6) is -0.180. The molecule has 1 aromatic rings. The molecule has 1 heterocycles.